The highest BCUT2D eigenvalue weighted by atomic mass is 35.5. The van der Waals surface area contributed by atoms with Crippen molar-refractivity contribution >= 4 is 17.6 Å². The Hall–Kier alpha value is -1.10. The van der Waals surface area contributed by atoms with Crippen molar-refractivity contribution in [2.75, 3.05) is 40.3 Å². The minimum absolute atomic E-state index is 0.180. The molecule has 0 unspecified atom stereocenters. The second-order valence-corrected chi connectivity index (χ2v) is 5.38. The van der Waals surface area contributed by atoms with Gasteiger partial charge in [-0.15, -0.1) is 0 Å². The third-order valence-electron chi connectivity index (χ3n) is 2.84. The first-order valence-electron chi connectivity index (χ1n) is 6.78. The lowest BCUT2D eigenvalue weighted by Crippen LogP contribution is -2.35. The van der Waals surface area contributed by atoms with E-state index >= 15 is 0 Å². The fourth-order valence-electron chi connectivity index (χ4n) is 1.79. The first-order chi connectivity index (χ1) is 9.51. The molecule has 112 valence electrons. The van der Waals surface area contributed by atoms with Crippen LogP contribution in [0.4, 0.5) is 0 Å². The van der Waals surface area contributed by atoms with Gasteiger partial charge in [0.1, 0.15) is 0 Å². The predicted octanol–water partition coefficient (Wildman–Crippen LogP) is 2.27. The van der Waals surface area contributed by atoms with Gasteiger partial charge in [0.25, 0.3) is 0 Å². The van der Waals surface area contributed by atoms with Gasteiger partial charge in [-0.1, -0.05) is 23.7 Å². The van der Waals surface area contributed by atoms with E-state index in [1.807, 2.05) is 45.3 Å². The van der Waals surface area contributed by atoms with E-state index in [0.29, 0.717) is 19.7 Å². The molecule has 0 atom stereocenters. The van der Waals surface area contributed by atoms with Gasteiger partial charge in [0.15, 0.2) is 0 Å². The number of hydrogen-bond acceptors (Lipinski definition) is 4. The van der Waals surface area contributed by atoms with Crippen LogP contribution in [0.1, 0.15) is 12.5 Å². The lowest BCUT2D eigenvalue weighted by Gasteiger charge is -2.23. The summed E-state index contributed by atoms with van der Waals surface area (Å²) in [6.07, 6.45) is 0. The zero-order chi connectivity index (χ0) is 15.0. The number of hydrogen-bond donors (Lipinski definition) is 0. The highest BCUT2D eigenvalue weighted by Gasteiger charge is 2.12. The Morgan fingerprint density at radius 3 is 2.40 bits per heavy atom. The van der Waals surface area contributed by atoms with E-state index in [4.69, 9.17) is 16.3 Å². The summed E-state index contributed by atoms with van der Waals surface area (Å²) in [6.45, 7) is 4.97. The van der Waals surface area contributed by atoms with Gasteiger partial charge < -0.3 is 9.64 Å². The number of halogens is 1. The van der Waals surface area contributed by atoms with Crippen molar-refractivity contribution in [3.63, 3.8) is 0 Å². The molecule has 0 bridgehead atoms. The lowest BCUT2D eigenvalue weighted by atomic mass is 10.2. The van der Waals surface area contributed by atoms with E-state index in [-0.39, 0.29) is 5.97 Å². The molecule has 4 nitrogen and oxygen atoms in total. The molecule has 0 aliphatic carbocycles. The highest BCUT2D eigenvalue weighted by molar-refractivity contribution is 6.30. The van der Waals surface area contributed by atoms with Crippen LogP contribution in [0, 0.1) is 0 Å². The van der Waals surface area contributed by atoms with Crippen molar-refractivity contribution in [2.24, 2.45) is 0 Å². The van der Waals surface area contributed by atoms with Crippen LogP contribution >= 0.6 is 11.6 Å². The van der Waals surface area contributed by atoms with Crippen LogP contribution in [0.5, 0.6) is 0 Å². The van der Waals surface area contributed by atoms with E-state index in [9.17, 15) is 4.79 Å². The molecule has 0 aromatic heterocycles. The summed E-state index contributed by atoms with van der Waals surface area (Å²) in [5.41, 5.74) is 1.14. The molecular formula is C15H23ClN2O2. The average Bonchev–Trinajstić information content (AvgIpc) is 2.39. The zero-order valence-electron chi connectivity index (χ0n) is 12.4. The van der Waals surface area contributed by atoms with Gasteiger partial charge in [-0.05, 0) is 38.7 Å². The number of esters is 1. The average molecular weight is 299 g/mol. The second-order valence-electron chi connectivity index (χ2n) is 4.95. The highest BCUT2D eigenvalue weighted by Crippen LogP contribution is 2.11. The van der Waals surface area contributed by atoms with Gasteiger partial charge in [-0.3, -0.25) is 9.69 Å². The van der Waals surface area contributed by atoms with Gasteiger partial charge in [0, 0.05) is 24.7 Å². The van der Waals surface area contributed by atoms with Crippen LogP contribution in [0.3, 0.4) is 0 Å². The molecule has 20 heavy (non-hydrogen) atoms. The molecule has 0 N–H and O–H groups in total. The lowest BCUT2D eigenvalue weighted by molar-refractivity contribution is -0.144. The number of carbonyl (C=O) groups excluding carboxylic acids is 1. The standard InChI is InChI=1S/C15H23ClN2O2/c1-4-20-15(19)12-18(10-9-17(2)3)11-13-5-7-14(16)8-6-13/h5-8H,4,9-12H2,1-3H3. The Balaban J connectivity index is 2.60. The molecule has 0 aliphatic rings. The summed E-state index contributed by atoms with van der Waals surface area (Å²) in [6, 6.07) is 7.70. The monoisotopic (exact) mass is 298 g/mol. The van der Waals surface area contributed by atoms with Crippen molar-refractivity contribution in [1.82, 2.24) is 9.80 Å². The minimum Gasteiger partial charge on any atom is -0.465 e. The van der Waals surface area contributed by atoms with Crippen LogP contribution < -0.4 is 0 Å². The normalized spacial score (nSPS) is 11.1. The molecule has 0 fully saturated rings. The van der Waals surface area contributed by atoms with Gasteiger partial charge in [0.05, 0.1) is 13.2 Å². The topological polar surface area (TPSA) is 32.8 Å². The van der Waals surface area contributed by atoms with Crippen LogP contribution in [-0.4, -0.2) is 56.1 Å². The Kier molecular flexibility index (Phi) is 7.59. The van der Waals surface area contributed by atoms with Gasteiger partial charge in [-0.2, -0.15) is 0 Å². The Morgan fingerprint density at radius 2 is 1.85 bits per heavy atom. The van der Waals surface area contributed by atoms with Crippen molar-refractivity contribution in [3.8, 4) is 0 Å². The molecular weight excluding hydrogens is 276 g/mol. The van der Waals surface area contributed by atoms with E-state index in [1.165, 1.54) is 0 Å². The van der Waals surface area contributed by atoms with E-state index in [0.717, 1.165) is 23.7 Å². The third-order valence-corrected chi connectivity index (χ3v) is 3.09. The number of ether oxygens (including phenoxy) is 1. The SMILES string of the molecule is CCOC(=O)CN(CCN(C)C)Cc1ccc(Cl)cc1. The summed E-state index contributed by atoms with van der Waals surface area (Å²) < 4.78 is 5.02. The number of likely N-dealkylation sites (N-methyl/N-ethyl adjacent to an activating group) is 1. The van der Waals surface area contributed by atoms with E-state index in [1.54, 1.807) is 0 Å². The molecule has 1 aromatic carbocycles. The van der Waals surface area contributed by atoms with Gasteiger partial charge in [0.2, 0.25) is 0 Å². The summed E-state index contributed by atoms with van der Waals surface area (Å²) in [7, 11) is 4.04. The quantitative estimate of drug-likeness (QED) is 0.689. The number of carbonyl (C=O) groups is 1. The molecule has 1 rings (SSSR count). The minimum atomic E-state index is -0.180. The summed E-state index contributed by atoms with van der Waals surface area (Å²) in [5, 5.41) is 0.721. The summed E-state index contributed by atoms with van der Waals surface area (Å²) in [5.74, 6) is -0.180. The molecule has 0 aliphatic heterocycles. The zero-order valence-corrected chi connectivity index (χ0v) is 13.2. The Morgan fingerprint density at radius 1 is 1.20 bits per heavy atom. The van der Waals surface area contributed by atoms with Gasteiger partial charge in [-0.25, -0.2) is 0 Å². The molecule has 0 radical (unpaired) electrons. The molecule has 5 heteroatoms. The maximum Gasteiger partial charge on any atom is 0.320 e. The maximum absolute atomic E-state index is 11.6. The van der Waals surface area contributed by atoms with Crippen molar-refractivity contribution in [3.05, 3.63) is 34.9 Å². The van der Waals surface area contributed by atoms with Crippen molar-refractivity contribution in [1.29, 1.82) is 0 Å². The van der Waals surface area contributed by atoms with E-state index in [2.05, 4.69) is 9.80 Å². The van der Waals surface area contributed by atoms with Gasteiger partial charge >= 0.3 is 5.97 Å². The van der Waals surface area contributed by atoms with Crippen molar-refractivity contribution < 1.29 is 9.53 Å². The van der Waals surface area contributed by atoms with Crippen LogP contribution in [0.15, 0.2) is 24.3 Å². The van der Waals surface area contributed by atoms with Crippen LogP contribution in [0.25, 0.3) is 0 Å². The molecule has 0 amide bonds. The fourth-order valence-corrected chi connectivity index (χ4v) is 1.92. The molecule has 0 heterocycles. The van der Waals surface area contributed by atoms with Crippen molar-refractivity contribution in [2.45, 2.75) is 13.5 Å². The molecule has 0 saturated carbocycles. The Labute approximate surface area is 126 Å². The smallest absolute Gasteiger partial charge is 0.320 e. The summed E-state index contributed by atoms with van der Waals surface area (Å²) in [4.78, 5) is 15.8. The fraction of sp³-hybridized carbons (Fsp3) is 0.533. The predicted molar refractivity (Wildman–Crippen MR) is 81.9 cm³/mol. The molecule has 0 spiro atoms. The second kappa shape index (κ2) is 8.95. The number of benzene rings is 1. The molecule has 1 aromatic rings. The first-order valence-corrected chi connectivity index (χ1v) is 7.16. The number of nitrogens with zero attached hydrogens (tertiary/aromatic N) is 2. The maximum atomic E-state index is 11.6. The number of rotatable bonds is 8. The Bertz CT molecular complexity index is 407. The first kappa shape index (κ1) is 17.0. The third kappa shape index (κ3) is 6.89. The van der Waals surface area contributed by atoms with Crippen LogP contribution in [0.2, 0.25) is 5.02 Å². The van der Waals surface area contributed by atoms with E-state index < -0.39 is 0 Å². The molecule has 0 saturated heterocycles. The summed E-state index contributed by atoms with van der Waals surface area (Å²) >= 11 is 5.88. The largest absolute Gasteiger partial charge is 0.465 e. The van der Waals surface area contributed by atoms with Crippen LogP contribution in [-0.2, 0) is 16.1 Å².